The first-order valence-electron chi connectivity index (χ1n) is 26.1. The molecular weight excluding hydrogens is 805 g/mol. The Morgan fingerprint density at radius 1 is 0.338 bits per heavy atom. The molecule has 0 aromatic rings. The Morgan fingerprint density at radius 3 is 1.17 bits per heavy atom. The molecular formula is C59H94O6. The first kappa shape index (κ1) is 60.8. The van der Waals surface area contributed by atoms with E-state index in [1.807, 2.05) is 48.6 Å². The van der Waals surface area contributed by atoms with Crippen LogP contribution in [0, 0.1) is 0 Å². The van der Waals surface area contributed by atoms with E-state index in [0.29, 0.717) is 19.3 Å². The molecule has 6 heteroatoms. The lowest BCUT2D eigenvalue weighted by Gasteiger charge is -2.18. The molecule has 0 radical (unpaired) electrons. The third kappa shape index (κ3) is 50.7. The van der Waals surface area contributed by atoms with E-state index in [-0.39, 0.29) is 44.0 Å². The molecule has 65 heavy (non-hydrogen) atoms. The second kappa shape index (κ2) is 52.4. The lowest BCUT2D eigenvalue weighted by molar-refractivity contribution is -0.167. The molecule has 6 nitrogen and oxygen atoms in total. The summed E-state index contributed by atoms with van der Waals surface area (Å²) < 4.78 is 16.7. The van der Waals surface area contributed by atoms with Crippen LogP contribution < -0.4 is 0 Å². The van der Waals surface area contributed by atoms with E-state index in [4.69, 9.17) is 14.2 Å². The van der Waals surface area contributed by atoms with Gasteiger partial charge in [0.25, 0.3) is 0 Å². The molecule has 0 bridgehead atoms. The summed E-state index contributed by atoms with van der Waals surface area (Å²) in [6.45, 7) is 6.29. The number of carbonyl (C=O) groups is 3. The number of ether oxygens (including phenoxy) is 3. The van der Waals surface area contributed by atoms with E-state index in [2.05, 4.69) is 93.7 Å². The van der Waals surface area contributed by atoms with Crippen molar-refractivity contribution in [3.05, 3.63) is 122 Å². The first-order valence-corrected chi connectivity index (χ1v) is 26.1. The number of carbonyl (C=O) groups excluding carboxylic acids is 3. The normalized spacial score (nSPS) is 13.1. The summed E-state index contributed by atoms with van der Waals surface area (Å²) in [4.78, 5) is 38.0. The van der Waals surface area contributed by atoms with Gasteiger partial charge >= 0.3 is 17.9 Å². The van der Waals surface area contributed by atoms with Crippen molar-refractivity contribution < 1.29 is 28.6 Å². The Hall–Kier alpha value is -4.19. The van der Waals surface area contributed by atoms with Crippen LogP contribution >= 0.6 is 0 Å². The van der Waals surface area contributed by atoms with Crippen LogP contribution in [0.4, 0.5) is 0 Å². The quantitative estimate of drug-likeness (QED) is 0.0199. The van der Waals surface area contributed by atoms with Crippen molar-refractivity contribution >= 4 is 17.9 Å². The highest BCUT2D eigenvalue weighted by molar-refractivity contribution is 5.71. The number of unbranched alkanes of at least 4 members (excludes halogenated alkanes) is 18. The fraction of sp³-hybridized carbons (Fsp3) is 0.610. The maximum atomic E-state index is 12.8. The molecule has 1 unspecified atom stereocenters. The summed E-state index contributed by atoms with van der Waals surface area (Å²) in [5, 5.41) is 0. The highest BCUT2D eigenvalue weighted by atomic mass is 16.6. The molecule has 0 aliphatic carbocycles. The van der Waals surface area contributed by atoms with Gasteiger partial charge in [-0.2, -0.15) is 0 Å². The van der Waals surface area contributed by atoms with Gasteiger partial charge in [0.05, 0.1) is 0 Å². The molecule has 0 aromatic heterocycles. The van der Waals surface area contributed by atoms with Crippen molar-refractivity contribution in [1.29, 1.82) is 0 Å². The van der Waals surface area contributed by atoms with Crippen LogP contribution in [0.1, 0.15) is 213 Å². The van der Waals surface area contributed by atoms with Crippen molar-refractivity contribution in [3.63, 3.8) is 0 Å². The lowest BCUT2D eigenvalue weighted by atomic mass is 10.0. The third-order valence-corrected chi connectivity index (χ3v) is 10.6. The largest absolute Gasteiger partial charge is 0.462 e. The van der Waals surface area contributed by atoms with Crippen LogP contribution in [0.3, 0.4) is 0 Å². The minimum Gasteiger partial charge on any atom is -0.462 e. The van der Waals surface area contributed by atoms with Gasteiger partial charge in [-0.25, -0.2) is 0 Å². The molecule has 0 spiro atoms. The Kier molecular flexibility index (Phi) is 49.1. The Bertz CT molecular complexity index is 1400. The zero-order valence-electron chi connectivity index (χ0n) is 41.7. The van der Waals surface area contributed by atoms with Gasteiger partial charge in [-0.1, -0.05) is 239 Å². The van der Waals surface area contributed by atoms with Gasteiger partial charge in [0.1, 0.15) is 13.2 Å². The second-order valence-corrected chi connectivity index (χ2v) is 16.8. The van der Waals surface area contributed by atoms with Gasteiger partial charge in [-0.3, -0.25) is 14.4 Å². The zero-order chi connectivity index (χ0) is 47.2. The molecule has 0 fully saturated rings. The predicted octanol–water partition coefficient (Wildman–Crippen LogP) is 17.3. The van der Waals surface area contributed by atoms with E-state index in [0.717, 1.165) is 83.5 Å². The van der Waals surface area contributed by atoms with Crippen molar-refractivity contribution in [2.75, 3.05) is 13.2 Å². The van der Waals surface area contributed by atoms with Crippen molar-refractivity contribution in [3.8, 4) is 0 Å². The van der Waals surface area contributed by atoms with E-state index in [9.17, 15) is 14.4 Å². The molecule has 0 rings (SSSR count). The topological polar surface area (TPSA) is 78.9 Å². The van der Waals surface area contributed by atoms with Gasteiger partial charge < -0.3 is 14.2 Å². The lowest BCUT2D eigenvalue weighted by Crippen LogP contribution is -2.30. The average Bonchev–Trinajstić information content (AvgIpc) is 3.30. The van der Waals surface area contributed by atoms with E-state index in [1.54, 1.807) is 0 Å². The summed E-state index contributed by atoms with van der Waals surface area (Å²) in [5.74, 6) is -1.02. The third-order valence-electron chi connectivity index (χ3n) is 10.6. The molecule has 0 aliphatic rings. The number of esters is 3. The number of hydrogen-bond donors (Lipinski definition) is 0. The van der Waals surface area contributed by atoms with E-state index in [1.165, 1.54) is 77.0 Å². The highest BCUT2D eigenvalue weighted by Gasteiger charge is 2.19. The fourth-order valence-corrected chi connectivity index (χ4v) is 6.73. The van der Waals surface area contributed by atoms with Crippen LogP contribution in [0.25, 0.3) is 0 Å². The molecule has 366 valence electrons. The van der Waals surface area contributed by atoms with Gasteiger partial charge in [-0.05, 0) is 77.0 Å². The Labute approximate surface area is 399 Å². The maximum Gasteiger partial charge on any atom is 0.306 e. The SMILES string of the molecule is CC\C=C/C=C\C=C/C=C\C=C/CCCCCC(=O)OC(COC(=O)CCC/C=C\C/C=C\C/C=C\C/C=C\C/C=C\CC)COC(=O)CCCCCCCCCCCCCCCCC. The van der Waals surface area contributed by atoms with Gasteiger partial charge in [0.15, 0.2) is 6.10 Å². The zero-order valence-corrected chi connectivity index (χ0v) is 41.7. The van der Waals surface area contributed by atoms with Crippen LogP contribution in [0.5, 0.6) is 0 Å². The maximum absolute atomic E-state index is 12.8. The summed E-state index contributed by atoms with van der Waals surface area (Å²) in [6, 6.07) is 0. The minimum atomic E-state index is -0.825. The molecule has 0 heterocycles. The average molecular weight is 899 g/mol. The molecule has 0 aromatic carbocycles. The first-order chi connectivity index (χ1) is 32.0. The smallest absolute Gasteiger partial charge is 0.306 e. The van der Waals surface area contributed by atoms with E-state index >= 15 is 0 Å². The molecule has 0 saturated carbocycles. The van der Waals surface area contributed by atoms with E-state index < -0.39 is 6.10 Å². The minimum absolute atomic E-state index is 0.115. The molecule has 0 N–H and O–H groups in total. The summed E-state index contributed by atoms with van der Waals surface area (Å²) in [7, 11) is 0. The van der Waals surface area contributed by atoms with Crippen molar-refractivity contribution in [2.45, 2.75) is 219 Å². The van der Waals surface area contributed by atoms with Crippen LogP contribution in [-0.2, 0) is 28.6 Å². The highest BCUT2D eigenvalue weighted by Crippen LogP contribution is 2.15. The number of allylic oxidation sites excluding steroid dienone is 20. The number of rotatable bonds is 45. The Balaban J connectivity index is 4.56. The Morgan fingerprint density at radius 2 is 0.692 bits per heavy atom. The standard InChI is InChI=1S/C59H94O6/c1-4-7-10-13-16-19-22-25-28-29-32-34-37-40-43-46-49-52-58(61)64-55-56(65-59(62)53-50-47-44-41-38-35-31-27-24-21-18-15-12-9-6-3)54-63-57(60)51-48-45-42-39-36-33-30-26-23-20-17-14-11-8-5-2/h7,9-10,12,15-16,18-19,21,24-25,27-28,31-32,34-35,38,40,43,56H,4-6,8,11,13-14,17,20,22-23,26,29-30,33,36-37,39,41-42,44-55H2,1-3H3/b10-7-,12-9-,18-15-,19-16-,24-21-,28-25-,31-27-,34-32-,38-35-,43-40-. The summed E-state index contributed by atoms with van der Waals surface area (Å²) in [6.07, 6.45) is 71.9. The van der Waals surface area contributed by atoms with Crippen LogP contribution in [0.15, 0.2) is 122 Å². The van der Waals surface area contributed by atoms with Crippen molar-refractivity contribution in [1.82, 2.24) is 0 Å². The van der Waals surface area contributed by atoms with Gasteiger partial charge in [0.2, 0.25) is 0 Å². The summed E-state index contributed by atoms with van der Waals surface area (Å²) >= 11 is 0. The second-order valence-electron chi connectivity index (χ2n) is 16.8. The van der Waals surface area contributed by atoms with Crippen LogP contribution in [0.2, 0.25) is 0 Å². The van der Waals surface area contributed by atoms with Gasteiger partial charge in [0, 0.05) is 19.3 Å². The summed E-state index contributed by atoms with van der Waals surface area (Å²) in [5.41, 5.74) is 0. The molecule has 0 aliphatic heterocycles. The van der Waals surface area contributed by atoms with Gasteiger partial charge in [-0.15, -0.1) is 0 Å². The molecule has 1 atom stereocenters. The van der Waals surface area contributed by atoms with Crippen molar-refractivity contribution in [2.24, 2.45) is 0 Å². The fourth-order valence-electron chi connectivity index (χ4n) is 6.73. The number of hydrogen-bond acceptors (Lipinski definition) is 6. The van der Waals surface area contributed by atoms with Crippen LogP contribution in [-0.4, -0.2) is 37.2 Å². The molecule has 0 amide bonds. The predicted molar refractivity (Wildman–Crippen MR) is 279 cm³/mol. The molecule has 0 saturated heterocycles. The monoisotopic (exact) mass is 899 g/mol.